The van der Waals surface area contributed by atoms with Crippen LogP contribution in [0.5, 0.6) is 0 Å². The van der Waals surface area contributed by atoms with Crippen LogP contribution in [0.2, 0.25) is 5.02 Å². The number of halogens is 1. The Morgan fingerprint density at radius 3 is 2.70 bits per heavy atom. The van der Waals surface area contributed by atoms with E-state index in [0.717, 1.165) is 11.1 Å². The summed E-state index contributed by atoms with van der Waals surface area (Å²) in [6.45, 7) is 1.97. The number of amides is 1. The monoisotopic (exact) mass is 396 g/mol. The first kappa shape index (κ1) is 18.1. The molecule has 2 aromatic rings. The number of nitriles is 1. The highest BCUT2D eigenvalue weighted by Crippen LogP contribution is 2.51. The smallest absolute Gasteiger partial charge is 0.231 e. The molecule has 1 saturated heterocycles. The standard InChI is InChI=1S/C21H17ClN2O2S/c1-13-5-7-15(8-6-13)21(26)12-27-20-18(11-23)17(10-19(25)24(20)21)14-3-2-4-16(22)9-14/h2-9,17,26H,10,12H2,1H3/t17-,21+/m1/s1. The number of benzene rings is 2. The zero-order valence-electron chi connectivity index (χ0n) is 14.6. The van der Waals surface area contributed by atoms with E-state index in [9.17, 15) is 15.2 Å². The van der Waals surface area contributed by atoms with Crippen LogP contribution in [0.25, 0.3) is 0 Å². The van der Waals surface area contributed by atoms with Gasteiger partial charge in [0, 0.05) is 22.9 Å². The summed E-state index contributed by atoms with van der Waals surface area (Å²) in [5.41, 5.74) is 1.64. The van der Waals surface area contributed by atoms with E-state index in [1.165, 1.54) is 16.7 Å². The molecule has 136 valence electrons. The molecule has 6 heteroatoms. The van der Waals surface area contributed by atoms with E-state index >= 15 is 0 Å². The molecule has 1 fully saturated rings. The summed E-state index contributed by atoms with van der Waals surface area (Å²) in [5.74, 6) is -0.243. The zero-order chi connectivity index (χ0) is 19.2. The minimum absolute atomic E-state index is 0.126. The number of carbonyl (C=O) groups excluding carboxylic acids is 1. The van der Waals surface area contributed by atoms with Crippen LogP contribution in [0.3, 0.4) is 0 Å². The van der Waals surface area contributed by atoms with E-state index in [-0.39, 0.29) is 18.2 Å². The van der Waals surface area contributed by atoms with Crippen LogP contribution in [0.1, 0.15) is 29.0 Å². The second kappa shape index (κ2) is 6.72. The number of hydrogen-bond acceptors (Lipinski definition) is 4. The van der Waals surface area contributed by atoms with Gasteiger partial charge in [-0.3, -0.25) is 9.69 Å². The number of carbonyl (C=O) groups is 1. The van der Waals surface area contributed by atoms with Gasteiger partial charge in [0.1, 0.15) is 0 Å². The number of aryl methyl sites for hydroxylation is 1. The van der Waals surface area contributed by atoms with Gasteiger partial charge in [-0.15, -0.1) is 11.8 Å². The van der Waals surface area contributed by atoms with Crippen LogP contribution >= 0.6 is 23.4 Å². The quantitative estimate of drug-likeness (QED) is 0.822. The fourth-order valence-corrected chi connectivity index (χ4v) is 5.23. The van der Waals surface area contributed by atoms with Crippen molar-refractivity contribution in [3.05, 3.63) is 80.8 Å². The predicted molar refractivity (Wildman–Crippen MR) is 106 cm³/mol. The lowest BCUT2D eigenvalue weighted by molar-refractivity contribution is -0.149. The maximum absolute atomic E-state index is 13.0. The molecular formula is C21H17ClN2O2S. The first-order valence-electron chi connectivity index (χ1n) is 8.59. The average Bonchev–Trinajstić information content (AvgIpc) is 3.01. The summed E-state index contributed by atoms with van der Waals surface area (Å²) >= 11 is 7.45. The van der Waals surface area contributed by atoms with Gasteiger partial charge in [0.2, 0.25) is 5.91 Å². The Hall–Kier alpha value is -2.26. The van der Waals surface area contributed by atoms with Crippen molar-refractivity contribution < 1.29 is 9.90 Å². The molecule has 2 heterocycles. The molecule has 0 bridgehead atoms. The molecule has 0 aromatic heterocycles. The van der Waals surface area contributed by atoms with Crippen molar-refractivity contribution in [2.45, 2.75) is 25.0 Å². The Bertz CT molecular complexity index is 996. The van der Waals surface area contributed by atoms with Gasteiger partial charge in [-0.25, -0.2) is 0 Å². The van der Waals surface area contributed by atoms with Gasteiger partial charge >= 0.3 is 0 Å². The molecule has 4 rings (SSSR count). The maximum Gasteiger partial charge on any atom is 0.231 e. The molecule has 4 nitrogen and oxygen atoms in total. The van der Waals surface area contributed by atoms with Gasteiger partial charge in [-0.1, -0.05) is 53.6 Å². The Morgan fingerprint density at radius 1 is 1.30 bits per heavy atom. The molecule has 2 atom stereocenters. The third kappa shape index (κ3) is 2.94. The average molecular weight is 397 g/mol. The molecule has 0 spiro atoms. The number of aliphatic hydroxyl groups is 1. The minimum atomic E-state index is -1.44. The van der Waals surface area contributed by atoms with Crippen molar-refractivity contribution >= 4 is 29.3 Å². The van der Waals surface area contributed by atoms with E-state index in [2.05, 4.69) is 6.07 Å². The lowest BCUT2D eigenvalue weighted by Gasteiger charge is -2.38. The molecule has 1 amide bonds. The Morgan fingerprint density at radius 2 is 2.04 bits per heavy atom. The van der Waals surface area contributed by atoms with Crippen molar-refractivity contribution in [2.24, 2.45) is 0 Å². The van der Waals surface area contributed by atoms with Gasteiger partial charge in [-0.05, 0) is 24.6 Å². The van der Waals surface area contributed by atoms with Crippen LogP contribution in [0.15, 0.2) is 59.1 Å². The van der Waals surface area contributed by atoms with Crippen LogP contribution < -0.4 is 0 Å². The van der Waals surface area contributed by atoms with Gasteiger partial charge in [0.25, 0.3) is 0 Å². The molecule has 0 saturated carbocycles. The van der Waals surface area contributed by atoms with Gasteiger partial charge in [0.15, 0.2) is 5.72 Å². The maximum atomic E-state index is 13.0. The molecule has 1 N–H and O–H groups in total. The predicted octanol–water partition coefficient (Wildman–Crippen LogP) is 4.29. The highest BCUT2D eigenvalue weighted by molar-refractivity contribution is 8.03. The molecule has 2 aliphatic rings. The molecule has 0 aliphatic carbocycles. The molecule has 0 radical (unpaired) electrons. The number of fused-ring (bicyclic) bond motifs is 1. The molecule has 2 aliphatic heterocycles. The summed E-state index contributed by atoms with van der Waals surface area (Å²) in [5, 5.41) is 22.3. The lowest BCUT2D eigenvalue weighted by atomic mass is 9.85. The van der Waals surface area contributed by atoms with Crippen molar-refractivity contribution in [3.63, 3.8) is 0 Å². The topological polar surface area (TPSA) is 64.3 Å². The first-order chi connectivity index (χ1) is 12.9. The number of allylic oxidation sites excluding steroid dienone is 1. The fourth-order valence-electron chi connectivity index (χ4n) is 3.67. The van der Waals surface area contributed by atoms with Crippen LogP contribution in [-0.4, -0.2) is 21.7 Å². The normalized spacial score (nSPS) is 24.7. The second-order valence-corrected chi connectivity index (χ2v) is 8.24. The Labute approximate surface area is 167 Å². The zero-order valence-corrected chi connectivity index (χ0v) is 16.2. The summed E-state index contributed by atoms with van der Waals surface area (Å²) in [7, 11) is 0. The van der Waals surface area contributed by atoms with E-state index in [1.54, 1.807) is 12.1 Å². The van der Waals surface area contributed by atoms with Gasteiger partial charge in [-0.2, -0.15) is 5.26 Å². The molecular weight excluding hydrogens is 380 g/mol. The van der Waals surface area contributed by atoms with Crippen LogP contribution in [-0.2, 0) is 10.5 Å². The summed E-state index contributed by atoms with van der Waals surface area (Å²) in [6, 6.07) is 17.0. The molecule has 0 unspecified atom stereocenters. The Kier molecular flexibility index (Phi) is 4.51. The van der Waals surface area contributed by atoms with E-state index < -0.39 is 5.72 Å². The fraction of sp³-hybridized carbons (Fsp3) is 0.238. The third-order valence-corrected chi connectivity index (χ3v) is 6.53. The largest absolute Gasteiger partial charge is 0.366 e. The minimum Gasteiger partial charge on any atom is -0.366 e. The van der Waals surface area contributed by atoms with E-state index in [1.807, 2.05) is 43.3 Å². The van der Waals surface area contributed by atoms with Gasteiger partial charge < -0.3 is 5.11 Å². The van der Waals surface area contributed by atoms with Crippen LogP contribution in [0, 0.1) is 18.3 Å². The van der Waals surface area contributed by atoms with Gasteiger partial charge in [0.05, 0.1) is 22.4 Å². The highest BCUT2D eigenvalue weighted by atomic mass is 35.5. The number of rotatable bonds is 2. The second-order valence-electron chi connectivity index (χ2n) is 6.84. The molecule has 27 heavy (non-hydrogen) atoms. The summed E-state index contributed by atoms with van der Waals surface area (Å²) in [4.78, 5) is 14.4. The van der Waals surface area contributed by atoms with Crippen molar-refractivity contribution in [2.75, 3.05) is 5.75 Å². The SMILES string of the molecule is Cc1ccc([C@@]2(O)CSC3=C(C#N)[C@@H](c4cccc(Cl)c4)CC(=O)N32)cc1. The van der Waals surface area contributed by atoms with Crippen molar-refractivity contribution in [3.8, 4) is 6.07 Å². The Balaban J connectivity index is 1.81. The molecule has 2 aromatic carbocycles. The number of nitrogens with zero attached hydrogens (tertiary/aromatic N) is 2. The van der Waals surface area contributed by atoms with Crippen molar-refractivity contribution in [1.29, 1.82) is 5.26 Å². The first-order valence-corrected chi connectivity index (χ1v) is 9.95. The van der Waals surface area contributed by atoms with Crippen molar-refractivity contribution in [1.82, 2.24) is 4.90 Å². The number of thioether (sulfide) groups is 1. The van der Waals surface area contributed by atoms with E-state index in [0.29, 0.717) is 26.9 Å². The van der Waals surface area contributed by atoms with Crippen LogP contribution in [0.4, 0.5) is 0 Å². The summed E-state index contributed by atoms with van der Waals surface area (Å²) in [6.07, 6.45) is 0.126. The summed E-state index contributed by atoms with van der Waals surface area (Å²) < 4.78 is 0. The van der Waals surface area contributed by atoms with E-state index in [4.69, 9.17) is 11.6 Å². The third-order valence-electron chi connectivity index (χ3n) is 5.08. The number of hydrogen-bond donors (Lipinski definition) is 1. The highest BCUT2D eigenvalue weighted by Gasteiger charge is 2.51. The lowest BCUT2D eigenvalue weighted by Crippen LogP contribution is -2.48.